The van der Waals surface area contributed by atoms with Crippen molar-refractivity contribution in [2.75, 3.05) is 5.33 Å². The number of hydrogen-bond acceptors (Lipinski definition) is 0. The van der Waals surface area contributed by atoms with E-state index in [9.17, 15) is 0 Å². The van der Waals surface area contributed by atoms with Gasteiger partial charge in [-0.3, -0.25) is 0 Å². The normalized spacial score (nSPS) is 15.8. The van der Waals surface area contributed by atoms with Gasteiger partial charge in [-0.15, -0.1) is 0 Å². The van der Waals surface area contributed by atoms with Gasteiger partial charge in [0.15, 0.2) is 0 Å². The lowest BCUT2D eigenvalue weighted by Gasteiger charge is -2.12. The van der Waals surface area contributed by atoms with Crippen LogP contribution >= 0.6 is 15.9 Å². The van der Waals surface area contributed by atoms with Crippen LogP contribution in [0.2, 0.25) is 0 Å². The molecule has 0 fully saturated rings. The third-order valence-electron chi connectivity index (χ3n) is 2.76. The molecule has 0 aromatic carbocycles. The molecule has 0 saturated carbocycles. The zero-order chi connectivity index (χ0) is 11.0. The third-order valence-corrected chi connectivity index (χ3v) is 3.08. The Bertz CT molecular complexity index is 201. The smallest absolute Gasteiger partial charge is 0.0214 e. The maximum Gasteiger partial charge on any atom is 0.0214 e. The largest absolute Gasteiger partial charge is 0.0883 e. The first-order chi connectivity index (χ1) is 6.65. The first kappa shape index (κ1) is 14.0. The lowest BCUT2D eigenvalue weighted by atomic mass is 9.94. The van der Waals surface area contributed by atoms with E-state index in [1.807, 2.05) is 0 Å². The molecule has 0 rings (SSSR count). The van der Waals surface area contributed by atoms with Crippen LogP contribution in [0, 0.1) is 5.92 Å². The second-order valence-electron chi connectivity index (χ2n) is 3.83. The summed E-state index contributed by atoms with van der Waals surface area (Å²) in [6.07, 6.45) is 8.22. The van der Waals surface area contributed by atoms with E-state index in [2.05, 4.69) is 55.8 Å². The van der Waals surface area contributed by atoms with Crippen molar-refractivity contribution in [1.82, 2.24) is 0 Å². The number of halogens is 1. The second-order valence-corrected chi connectivity index (χ2v) is 4.48. The summed E-state index contributed by atoms with van der Waals surface area (Å²) in [5.41, 5.74) is 3.08. The van der Waals surface area contributed by atoms with Crippen molar-refractivity contribution in [2.45, 2.75) is 47.0 Å². The quantitative estimate of drug-likeness (QED) is 0.460. The molecule has 0 aliphatic carbocycles. The van der Waals surface area contributed by atoms with E-state index >= 15 is 0 Å². The van der Waals surface area contributed by atoms with Gasteiger partial charge in [0.2, 0.25) is 0 Å². The Morgan fingerprint density at radius 3 is 2.29 bits per heavy atom. The highest BCUT2D eigenvalue weighted by atomic mass is 79.9. The topological polar surface area (TPSA) is 0 Å². The van der Waals surface area contributed by atoms with E-state index in [0.29, 0.717) is 5.92 Å². The van der Waals surface area contributed by atoms with Gasteiger partial charge in [0.05, 0.1) is 0 Å². The van der Waals surface area contributed by atoms with Crippen LogP contribution in [0.5, 0.6) is 0 Å². The molecule has 0 N–H and O–H groups in total. The minimum Gasteiger partial charge on any atom is -0.0883 e. The van der Waals surface area contributed by atoms with Gasteiger partial charge in [0, 0.05) is 5.33 Å². The third kappa shape index (κ3) is 5.64. The van der Waals surface area contributed by atoms with E-state index in [1.165, 1.54) is 24.8 Å². The van der Waals surface area contributed by atoms with Crippen LogP contribution in [0.1, 0.15) is 47.0 Å². The van der Waals surface area contributed by atoms with E-state index in [1.54, 1.807) is 5.57 Å². The molecule has 0 heterocycles. The van der Waals surface area contributed by atoms with Crippen molar-refractivity contribution < 1.29 is 0 Å². The summed E-state index contributed by atoms with van der Waals surface area (Å²) in [5, 5.41) is 0.983. The highest BCUT2D eigenvalue weighted by molar-refractivity contribution is 9.09. The molecule has 0 aromatic heterocycles. The molecule has 14 heavy (non-hydrogen) atoms. The Kier molecular flexibility index (Phi) is 8.26. The van der Waals surface area contributed by atoms with Crippen LogP contribution < -0.4 is 0 Å². The molecule has 1 unspecified atom stereocenters. The predicted molar refractivity (Wildman–Crippen MR) is 70.0 cm³/mol. The van der Waals surface area contributed by atoms with Crippen LogP contribution in [0.3, 0.4) is 0 Å². The summed E-state index contributed by atoms with van der Waals surface area (Å²) < 4.78 is 0. The SMILES string of the molecule is CC/C(C)=C/CC(C)/C(=C/CBr)CC. The Labute approximate surface area is 97.6 Å². The first-order valence-electron chi connectivity index (χ1n) is 5.56. The molecule has 0 spiro atoms. The monoisotopic (exact) mass is 258 g/mol. The van der Waals surface area contributed by atoms with Crippen LogP contribution in [-0.4, -0.2) is 5.33 Å². The standard InChI is InChI=1S/C13H23Br/c1-5-11(3)7-8-12(4)13(6-2)9-10-14/h7,9,12H,5-6,8,10H2,1-4H3/b11-7+,13-9+. The second kappa shape index (κ2) is 8.28. The average molecular weight is 259 g/mol. The van der Waals surface area contributed by atoms with Crippen LogP contribution in [0.25, 0.3) is 0 Å². The molecule has 0 bridgehead atoms. The molecule has 82 valence electrons. The molecule has 0 aliphatic rings. The van der Waals surface area contributed by atoms with Gasteiger partial charge in [-0.05, 0) is 32.1 Å². The molecule has 1 heteroatoms. The van der Waals surface area contributed by atoms with E-state index < -0.39 is 0 Å². The minimum absolute atomic E-state index is 0.694. The Morgan fingerprint density at radius 2 is 1.86 bits per heavy atom. The predicted octanol–water partition coefficient (Wildman–Crippen LogP) is 5.10. The molecule has 0 nitrogen and oxygen atoms in total. The fraction of sp³-hybridized carbons (Fsp3) is 0.692. The zero-order valence-electron chi connectivity index (χ0n) is 9.94. The van der Waals surface area contributed by atoms with Gasteiger partial charge in [0.1, 0.15) is 0 Å². The lowest BCUT2D eigenvalue weighted by molar-refractivity contribution is 0.663. The summed E-state index contributed by atoms with van der Waals surface area (Å²) in [6.45, 7) is 8.98. The Balaban J connectivity index is 4.18. The van der Waals surface area contributed by atoms with Crippen molar-refractivity contribution in [3.05, 3.63) is 23.3 Å². The summed E-state index contributed by atoms with van der Waals surface area (Å²) in [5.74, 6) is 0.694. The maximum atomic E-state index is 3.46. The maximum absolute atomic E-state index is 3.46. The number of allylic oxidation sites excluding steroid dienone is 4. The van der Waals surface area contributed by atoms with Gasteiger partial charge < -0.3 is 0 Å². The van der Waals surface area contributed by atoms with Crippen molar-refractivity contribution >= 4 is 15.9 Å². The van der Waals surface area contributed by atoms with Crippen LogP contribution in [0.4, 0.5) is 0 Å². The van der Waals surface area contributed by atoms with Gasteiger partial charge in [-0.25, -0.2) is 0 Å². The van der Waals surface area contributed by atoms with E-state index in [0.717, 1.165) is 5.33 Å². The molecule has 0 amide bonds. The zero-order valence-corrected chi connectivity index (χ0v) is 11.5. The van der Waals surface area contributed by atoms with Gasteiger partial charge in [0.25, 0.3) is 0 Å². The molecular formula is C13H23Br. The van der Waals surface area contributed by atoms with Crippen LogP contribution in [0.15, 0.2) is 23.3 Å². The fourth-order valence-corrected chi connectivity index (χ4v) is 1.88. The molecule has 1 atom stereocenters. The highest BCUT2D eigenvalue weighted by Gasteiger charge is 2.04. The Morgan fingerprint density at radius 1 is 1.21 bits per heavy atom. The highest BCUT2D eigenvalue weighted by Crippen LogP contribution is 2.19. The molecule has 0 aromatic rings. The van der Waals surface area contributed by atoms with Crippen molar-refractivity contribution in [1.29, 1.82) is 0 Å². The van der Waals surface area contributed by atoms with Crippen molar-refractivity contribution in [2.24, 2.45) is 5.92 Å². The van der Waals surface area contributed by atoms with Crippen LogP contribution in [-0.2, 0) is 0 Å². The number of hydrogen-bond donors (Lipinski definition) is 0. The van der Waals surface area contributed by atoms with Crippen molar-refractivity contribution in [3.8, 4) is 0 Å². The summed E-state index contributed by atoms with van der Waals surface area (Å²) in [7, 11) is 0. The average Bonchev–Trinajstić information content (AvgIpc) is 2.21. The van der Waals surface area contributed by atoms with Gasteiger partial charge >= 0.3 is 0 Å². The van der Waals surface area contributed by atoms with Gasteiger partial charge in [-0.1, -0.05) is 60.0 Å². The Hall–Kier alpha value is -0.0400. The minimum atomic E-state index is 0.694. The lowest BCUT2D eigenvalue weighted by Crippen LogP contribution is -1.98. The number of rotatable bonds is 6. The summed E-state index contributed by atoms with van der Waals surface area (Å²) >= 11 is 3.46. The first-order valence-corrected chi connectivity index (χ1v) is 6.68. The number of alkyl halides is 1. The van der Waals surface area contributed by atoms with E-state index in [-0.39, 0.29) is 0 Å². The molecule has 0 radical (unpaired) electrons. The summed E-state index contributed by atoms with van der Waals surface area (Å²) in [4.78, 5) is 0. The van der Waals surface area contributed by atoms with Crippen molar-refractivity contribution in [3.63, 3.8) is 0 Å². The van der Waals surface area contributed by atoms with E-state index in [4.69, 9.17) is 0 Å². The summed E-state index contributed by atoms with van der Waals surface area (Å²) in [6, 6.07) is 0. The molecule has 0 saturated heterocycles. The molecular weight excluding hydrogens is 236 g/mol. The molecule has 0 aliphatic heterocycles. The fourth-order valence-electron chi connectivity index (χ4n) is 1.47. The van der Waals surface area contributed by atoms with Gasteiger partial charge in [-0.2, -0.15) is 0 Å².